The minimum Gasteiger partial charge on any atom is -0.268 e. The Morgan fingerprint density at radius 3 is 1.03 bits per heavy atom. The van der Waals surface area contributed by atoms with Crippen LogP contribution in [0.3, 0.4) is 0 Å². The molecule has 2 heterocycles. The van der Waals surface area contributed by atoms with Crippen molar-refractivity contribution >= 4 is 121 Å². The summed E-state index contributed by atoms with van der Waals surface area (Å²) in [6.45, 7) is 0. The molecule has 4 amide bonds. The quantitative estimate of drug-likeness (QED) is 0.0975. The maximum absolute atomic E-state index is 15.1. The second-order valence-electron chi connectivity index (χ2n) is 16.0. The SMILES string of the molecule is N#Cc1cc2c3c(cc(C#N)c4c5ccc6c7c(ccc(c1c34)c75)C(=O)N(c1c3ccccc3cc3ccccc13)C6=O)C(=O)N(c1c3ccccc3cc3ccccc13)C2=O. The van der Waals surface area contributed by atoms with Gasteiger partial charge >= 0.3 is 0 Å². The van der Waals surface area contributed by atoms with Crippen molar-refractivity contribution in [1.29, 1.82) is 10.5 Å². The van der Waals surface area contributed by atoms with E-state index in [2.05, 4.69) is 12.1 Å². The van der Waals surface area contributed by atoms with E-state index in [4.69, 9.17) is 0 Å². The van der Waals surface area contributed by atoms with E-state index in [1.165, 1.54) is 21.9 Å². The molecule has 2 aliphatic heterocycles. The van der Waals surface area contributed by atoms with Gasteiger partial charge in [-0.3, -0.25) is 19.2 Å². The van der Waals surface area contributed by atoms with Gasteiger partial charge in [0.15, 0.2) is 0 Å². The first-order chi connectivity index (χ1) is 30.4. The van der Waals surface area contributed by atoms with Crippen molar-refractivity contribution < 1.29 is 19.2 Å². The van der Waals surface area contributed by atoms with Gasteiger partial charge in [0.2, 0.25) is 0 Å². The Hall–Kier alpha value is -8.98. The number of nitrogens with zero attached hydrogens (tertiary/aromatic N) is 4. The summed E-state index contributed by atoms with van der Waals surface area (Å²) < 4.78 is 0. The van der Waals surface area contributed by atoms with E-state index < -0.39 is 23.6 Å². The highest BCUT2D eigenvalue weighted by Gasteiger charge is 2.41. The van der Waals surface area contributed by atoms with Gasteiger partial charge in [-0.2, -0.15) is 10.5 Å². The highest BCUT2D eigenvalue weighted by atomic mass is 16.2. The predicted molar refractivity (Wildman–Crippen MR) is 242 cm³/mol. The number of imide groups is 2. The van der Waals surface area contributed by atoms with Crippen LogP contribution in [0, 0.1) is 22.7 Å². The molecule has 11 aromatic rings. The van der Waals surface area contributed by atoms with E-state index >= 15 is 9.59 Å². The van der Waals surface area contributed by atoms with Crippen LogP contribution in [0.4, 0.5) is 11.4 Å². The Kier molecular flexibility index (Phi) is 6.47. The van der Waals surface area contributed by atoms with Crippen LogP contribution >= 0.6 is 0 Å². The lowest BCUT2D eigenvalue weighted by Gasteiger charge is -2.32. The number of carbonyl (C=O) groups is 4. The van der Waals surface area contributed by atoms with Gasteiger partial charge in [0.05, 0.1) is 45.8 Å². The molecule has 0 radical (unpaired) electrons. The van der Waals surface area contributed by atoms with Crippen LogP contribution in [0.25, 0.3) is 86.2 Å². The first-order valence-electron chi connectivity index (χ1n) is 20.0. The largest absolute Gasteiger partial charge is 0.268 e. The third kappa shape index (κ3) is 4.07. The summed E-state index contributed by atoms with van der Waals surface area (Å²) in [4.78, 5) is 62.5. The van der Waals surface area contributed by atoms with Crippen LogP contribution in [-0.2, 0) is 0 Å². The van der Waals surface area contributed by atoms with Crippen LogP contribution in [0.5, 0.6) is 0 Å². The third-order valence-electron chi connectivity index (χ3n) is 13.0. The number of fused-ring (bicyclic) bond motifs is 6. The zero-order chi connectivity index (χ0) is 41.7. The highest BCUT2D eigenvalue weighted by molar-refractivity contribution is 6.48. The molecule has 2 aliphatic rings. The fraction of sp³-hybridized carbons (Fsp3) is 0. The zero-order valence-corrected chi connectivity index (χ0v) is 32.3. The lowest BCUT2D eigenvalue weighted by molar-refractivity contribution is 0.0878. The Labute approximate surface area is 350 Å². The molecule has 13 rings (SSSR count). The molecule has 0 bridgehead atoms. The molecular weight excluding hydrogens is 769 g/mol. The average molecular weight is 793 g/mol. The number of anilines is 2. The first-order valence-corrected chi connectivity index (χ1v) is 20.0. The van der Waals surface area contributed by atoms with Crippen LogP contribution in [0.15, 0.2) is 146 Å². The van der Waals surface area contributed by atoms with Gasteiger partial charge in [0, 0.05) is 59.6 Å². The average Bonchev–Trinajstić information content (AvgIpc) is 3.31. The minimum atomic E-state index is -0.587. The molecule has 11 aromatic carbocycles. The van der Waals surface area contributed by atoms with Gasteiger partial charge in [-0.1, -0.05) is 109 Å². The van der Waals surface area contributed by atoms with Gasteiger partial charge in [0.1, 0.15) is 0 Å². The molecule has 0 spiro atoms. The normalized spacial score (nSPS) is 13.8. The zero-order valence-electron chi connectivity index (χ0n) is 32.3. The molecular formula is C54H24N4O4. The molecule has 0 fully saturated rings. The number of amides is 4. The molecule has 8 nitrogen and oxygen atoms in total. The summed E-state index contributed by atoms with van der Waals surface area (Å²) in [5.41, 5.74) is 2.15. The number of benzene rings is 11. The van der Waals surface area contributed by atoms with Crippen molar-refractivity contribution in [2.24, 2.45) is 0 Å². The van der Waals surface area contributed by atoms with Gasteiger partial charge < -0.3 is 0 Å². The minimum absolute atomic E-state index is 0.156. The summed E-state index contributed by atoms with van der Waals surface area (Å²) >= 11 is 0. The molecule has 0 aliphatic carbocycles. The van der Waals surface area contributed by atoms with Crippen molar-refractivity contribution in [2.45, 2.75) is 0 Å². The van der Waals surface area contributed by atoms with E-state index in [0.29, 0.717) is 76.4 Å². The predicted octanol–water partition coefficient (Wildman–Crippen LogP) is 11.7. The third-order valence-corrected chi connectivity index (χ3v) is 13.0. The lowest BCUT2D eigenvalue weighted by atomic mass is 9.79. The smallest absolute Gasteiger partial charge is 0.266 e. The Morgan fingerprint density at radius 1 is 0.323 bits per heavy atom. The Bertz CT molecular complexity index is 3870. The molecule has 0 saturated heterocycles. The maximum atomic E-state index is 15.1. The van der Waals surface area contributed by atoms with Crippen LogP contribution in [0.1, 0.15) is 52.6 Å². The molecule has 8 heteroatoms. The highest BCUT2D eigenvalue weighted by Crippen LogP contribution is 2.50. The number of rotatable bonds is 2. The van der Waals surface area contributed by atoms with Gasteiger partial charge in [-0.15, -0.1) is 0 Å². The Morgan fingerprint density at radius 2 is 0.661 bits per heavy atom. The second kappa shape index (κ2) is 11.8. The van der Waals surface area contributed by atoms with E-state index in [-0.39, 0.29) is 22.3 Å². The van der Waals surface area contributed by atoms with E-state index in [9.17, 15) is 20.1 Å². The standard InChI is InChI=1S/C54H24N4O4/c55-25-31-23-41-47-42(54(62)58(53(41)61)50-35-15-7-3-11-29(35)22-30-12-4-8-16-36(30)50)24-32(26-56)44-38-18-20-40-46-39(19-17-37(45(38)46)43(31)48(44)47)51(59)57(52(40)60)49-33-13-5-1-9-27(33)21-28-10-2-6-14-34(28)49/h1-24H. The summed E-state index contributed by atoms with van der Waals surface area (Å²) in [6, 6.07) is 49.2. The van der Waals surface area contributed by atoms with Crippen molar-refractivity contribution in [3.8, 4) is 12.1 Å². The Balaban J connectivity index is 1.10. The maximum Gasteiger partial charge on any atom is 0.266 e. The van der Waals surface area contributed by atoms with Crippen LogP contribution in [0.2, 0.25) is 0 Å². The number of hydrogen-bond donors (Lipinski definition) is 0. The number of carbonyl (C=O) groups excluding carboxylic acids is 4. The topological polar surface area (TPSA) is 122 Å². The van der Waals surface area contributed by atoms with Crippen molar-refractivity contribution in [2.75, 3.05) is 9.80 Å². The van der Waals surface area contributed by atoms with Crippen LogP contribution < -0.4 is 9.80 Å². The van der Waals surface area contributed by atoms with Gasteiger partial charge in [0.25, 0.3) is 23.6 Å². The summed E-state index contributed by atoms with van der Waals surface area (Å²) in [6.07, 6.45) is 0. The fourth-order valence-electron chi connectivity index (χ4n) is 10.5. The van der Waals surface area contributed by atoms with E-state index in [0.717, 1.165) is 32.3 Å². The molecule has 0 aromatic heterocycles. The molecule has 284 valence electrons. The first kappa shape index (κ1) is 33.9. The van der Waals surface area contributed by atoms with Gasteiger partial charge in [-0.25, -0.2) is 9.80 Å². The van der Waals surface area contributed by atoms with Crippen LogP contribution in [-0.4, -0.2) is 23.6 Å². The molecule has 0 N–H and O–H groups in total. The molecule has 0 unspecified atom stereocenters. The number of nitriles is 2. The molecule has 0 atom stereocenters. The second-order valence-corrected chi connectivity index (χ2v) is 16.0. The lowest BCUT2D eigenvalue weighted by Crippen LogP contribution is -2.41. The number of hydrogen-bond acceptors (Lipinski definition) is 6. The summed E-state index contributed by atoms with van der Waals surface area (Å²) in [5, 5.41) is 32.0. The fourth-order valence-corrected chi connectivity index (χ4v) is 10.5. The van der Waals surface area contributed by atoms with Crippen molar-refractivity contribution in [1.82, 2.24) is 0 Å². The van der Waals surface area contributed by atoms with E-state index in [1.54, 1.807) is 24.3 Å². The molecule has 0 saturated carbocycles. The summed E-state index contributed by atoms with van der Waals surface area (Å²) in [5.74, 6) is -2.17. The monoisotopic (exact) mass is 792 g/mol. The summed E-state index contributed by atoms with van der Waals surface area (Å²) in [7, 11) is 0. The molecule has 62 heavy (non-hydrogen) atoms. The van der Waals surface area contributed by atoms with Gasteiger partial charge in [-0.05, 0) is 74.1 Å². The van der Waals surface area contributed by atoms with E-state index in [1.807, 2.05) is 109 Å². The van der Waals surface area contributed by atoms with Crippen molar-refractivity contribution in [3.05, 3.63) is 179 Å². The van der Waals surface area contributed by atoms with Crippen molar-refractivity contribution in [3.63, 3.8) is 0 Å².